The Morgan fingerprint density at radius 3 is 2.30 bits per heavy atom. The molecule has 1 aliphatic carbocycles. The maximum atomic E-state index is 12.0. The van der Waals surface area contributed by atoms with E-state index in [9.17, 15) is 9.59 Å². The minimum Gasteiger partial charge on any atom is -0.464 e. The Hall–Kier alpha value is -1.26. The van der Waals surface area contributed by atoms with Crippen molar-refractivity contribution >= 4 is 12.1 Å². The molecule has 0 saturated heterocycles. The lowest BCUT2D eigenvalue weighted by atomic mass is 10.0. The number of alkyl carbamates (subject to hydrolysis) is 1. The summed E-state index contributed by atoms with van der Waals surface area (Å²) in [6.07, 6.45) is 2.22. The van der Waals surface area contributed by atoms with Crippen LogP contribution in [0.4, 0.5) is 4.79 Å². The lowest BCUT2D eigenvalue weighted by molar-refractivity contribution is -0.147. The summed E-state index contributed by atoms with van der Waals surface area (Å²) < 4.78 is 10.4. The number of ether oxygens (including phenoxy) is 2. The molecule has 0 radical (unpaired) electrons. The van der Waals surface area contributed by atoms with Crippen LogP contribution in [0.1, 0.15) is 53.9 Å². The number of amides is 1. The van der Waals surface area contributed by atoms with Gasteiger partial charge in [-0.25, -0.2) is 9.59 Å². The van der Waals surface area contributed by atoms with Gasteiger partial charge >= 0.3 is 12.1 Å². The normalized spacial score (nSPS) is 16.7. The molecule has 0 aliphatic heterocycles. The molecule has 1 saturated carbocycles. The molecule has 1 atom stereocenters. The van der Waals surface area contributed by atoms with E-state index in [2.05, 4.69) is 5.32 Å². The van der Waals surface area contributed by atoms with Gasteiger partial charge in [0.2, 0.25) is 0 Å². The molecular formula is C15H27NO4. The zero-order valence-electron chi connectivity index (χ0n) is 13.2. The van der Waals surface area contributed by atoms with E-state index in [1.165, 1.54) is 0 Å². The van der Waals surface area contributed by atoms with Crippen LogP contribution in [0.3, 0.4) is 0 Å². The van der Waals surface area contributed by atoms with Gasteiger partial charge in [-0.05, 0) is 51.9 Å². The molecule has 1 rings (SSSR count). The van der Waals surface area contributed by atoms with Crippen molar-refractivity contribution in [3.63, 3.8) is 0 Å². The van der Waals surface area contributed by atoms with Crippen molar-refractivity contribution in [2.75, 3.05) is 6.61 Å². The predicted molar refractivity (Wildman–Crippen MR) is 76.3 cm³/mol. The Kier molecular flexibility index (Phi) is 5.84. The first-order valence-corrected chi connectivity index (χ1v) is 7.33. The summed E-state index contributed by atoms with van der Waals surface area (Å²) in [5, 5.41) is 2.61. The molecule has 0 aromatic heterocycles. The molecule has 0 heterocycles. The van der Waals surface area contributed by atoms with Gasteiger partial charge < -0.3 is 14.8 Å². The maximum Gasteiger partial charge on any atom is 0.408 e. The number of nitrogens with one attached hydrogen (secondary N) is 1. The smallest absolute Gasteiger partial charge is 0.408 e. The number of hydrogen-bond donors (Lipinski definition) is 1. The molecule has 5 heteroatoms. The minimum absolute atomic E-state index is 0.281. The van der Waals surface area contributed by atoms with Gasteiger partial charge in [-0.1, -0.05) is 13.8 Å². The lowest BCUT2D eigenvalue weighted by Gasteiger charge is -2.23. The van der Waals surface area contributed by atoms with Gasteiger partial charge in [0.15, 0.2) is 0 Å². The van der Waals surface area contributed by atoms with Crippen molar-refractivity contribution in [2.45, 2.75) is 65.5 Å². The molecule has 1 aliphatic rings. The predicted octanol–water partition coefficient (Wildman–Crippen LogP) is 2.88. The molecule has 0 spiro atoms. The number of hydrogen-bond acceptors (Lipinski definition) is 4. The second kappa shape index (κ2) is 6.95. The first-order chi connectivity index (χ1) is 9.17. The first-order valence-electron chi connectivity index (χ1n) is 7.33. The molecule has 1 fully saturated rings. The van der Waals surface area contributed by atoms with Crippen LogP contribution in [0.25, 0.3) is 0 Å². The summed E-state index contributed by atoms with van der Waals surface area (Å²) in [5.41, 5.74) is -0.579. The maximum absolute atomic E-state index is 12.0. The Labute approximate surface area is 121 Å². The zero-order chi connectivity index (χ0) is 15.3. The van der Waals surface area contributed by atoms with E-state index in [1.54, 1.807) is 20.8 Å². The van der Waals surface area contributed by atoms with Crippen molar-refractivity contribution in [3.05, 3.63) is 0 Å². The fourth-order valence-corrected chi connectivity index (χ4v) is 1.72. The molecule has 5 nitrogen and oxygen atoms in total. The average molecular weight is 285 g/mol. The van der Waals surface area contributed by atoms with E-state index >= 15 is 0 Å². The van der Waals surface area contributed by atoms with Crippen molar-refractivity contribution in [3.8, 4) is 0 Å². The molecule has 0 aromatic rings. The first kappa shape index (κ1) is 16.8. The summed E-state index contributed by atoms with van der Waals surface area (Å²) in [6, 6.07) is -0.636. The van der Waals surface area contributed by atoms with Crippen LogP contribution in [0, 0.1) is 11.8 Å². The highest BCUT2D eigenvalue weighted by molar-refractivity contribution is 5.81. The summed E-state index contributed by atoms with van der Waals surface area (Å²) in [6.45, 7) is 9.82. The Balaban J connectivity index is 2.48. The number of carbonyl (C=O) groups excluding carboxylic acids is 2. The van der Waals surface area contributed by atoms with Crippen molar-refractivity contribution in [2.24, 2.45) is 11.8 Å². The Morgan fingerprint density at radius 2 is 1.85 bits per heavy atom. The largest absolute Gasteiger partial charge is 0.464 e. The van der Waals surface area contributed by atoms with Crippen molar-refractivity contribution in [1.82, 2.24) is 5.32 Å². The van der Waals surface area contributed by atoms with Gasteiger partial charge in [0.25, 0.3) is 0 Å². The SMILES string of the molecule is CC(C)C[C@H](NC(=O)OC(C)(C)C)C(=O)OCC1CC1. The van der Waals surface area contributed by atoms with E-state index in [0.29, 0.717) is 18.9 Å². The monoisotopic (exact) mass is 285 g/mol. The zero-order valence-corrected chi connectivity index (χ0v) is 13.2. The van der Waals surface area contributed by atoms with Crippen LogP contribution in [-0.4, -0.2) is 30.3 Å². The number of carbonyl (C=O) groups is 2. The minimum atomic E-state index is -0.636. The van der Waals surface area contributed by atoms with Crippen molar-refractivity contribution in [1.29, 1.82) is 0 Å². The van der Waals surface area contributed by atoms with Crippen LogP contribution in [0.2, 0.25) is 0 Å². The number of rotatable bonds is 6. The second-order valence-electron chi connectivity index (χ2n) is 6.90. The standard InChI is InChI=1S/C15H27NO4/c1-10(2)8-12(13(17)19-9-11-6-7-11)16-14(18)20-15(3,4)5/h10-12H,6-9H2,1-5H3,(H,16,18)/t12-/m0/s1. The van der Waals surface area contributed by atoms with Gasteiger partial charge in [0.05, 0.1) is 6.61 Å². The van der Waals surface area contributed by atoms with Gasteiger partial charge in [-0.2, -0.15) is 0 Å². The van der Waals surface area contributed by atoms with Crippen LogP contribution in [-0.2, 0) is 14.3 Å². The van der Waals surface area contributed by atoms with E-state index < -0.39 is 17.7 Å². The second-order valence-corrected chi connectivity index (χ2v) is 6.90. The quantitative estimate of drug-likeness (QED) is 0.762. The lowest BCUT2D eigenvalue weighted by Crippen LogP contribution is -2.45. The number of esters is 1. The molecular weight excluding hydrogens is 258 g/mol. The van der Waals surface area contributed by atoms with Gasteiger partial charge in [0, 0.05) is 0 Å². The van der Waals surface area contributed by atoms with E-state index in [4.69, 9.17) is 9.47 Å². The molecule has 1 N–H and O–H groups in total. The van der Waals surface area contributed by atoms with Crippen LogP contribution < -0.4 is 5.32 Å². The highest BCUT2D eigenvalue weighted by Crippen LogP contribution is 2.29. The van der Waals surface area contributed by atoms with Crippen LogP contribution >= 0.6 is 0 Å². The van der Waals surface area contributed by atoms with E-state index in [1.807, 2.05) is 13.8 Å². The molecule has 1 amide bonds. The van der Waals surface area contributed by atoms with E-state index in [-0.39, 0.29) is 11.9 Å². The third-order valence-electron chi connectivity index (χ3n) is 2.84. The molecule has 0 aromatic carbocycles. The molecule has 0 unspecified atom stereocenters. The Bertz CT molecular complexity index is 342. The van der Waals surface area contributed by atoms with Gasteiger partial charge in [0.1, 0.15) is 11.6 Å². The summed E-state index contributed by atoms with van der Waals surface area (Å²) in [4.78, 5) is 23.8. The fraction of sp³-hybridized carbons (Fsp3) is 0.867. The molecule has 0 bridgehead atoms. The van der Waals surface area contributed by atoms with Crippen LogP contribution in [0.15, 0.2) is 0 Å². The fourth-order valence-electron chi connectivity index (χ4n) is 1.72. The molecule has 20 heavy (non-hydrogen) atoms. The molecule has 116 valence electrons. The van der Waals surface area contributed by atoms with Crippen LogP contribution in [0.5, 0.6) is 0 Å². The average Bonchev–Trinajstić information content (AvgIpc) is 3.05. The topological polar surface area (TPSA) is 64.6 Å². The third-order valence-corrected chi connectivity index (χ3v) is 2.84. The summed E-state index contributed by atoms with van der Waals surface area (Å²) in [5.74, 6) is 0.431. The van der Waals surface area contributed by atoms with Gasteiger partial charge in [-0.3, -0.25) is 0 Å². The summed E-state index contributed by atoms with van der Waals surface area (Å²) >= 11 is 0. The highest BCUT2D eigenvalue weighted by Gasteiger charge is 2.29. The van der Waals surface area contributed by atoms with Crippen molar-refractivity contribution < 1.29 is 19.1 Å². The van der Waals surface area contributed by atoms with Gasteiger partial charge in [-0.15, -0.1) is 0 Å². The summed E-state index contributed by atoms with van der Waals surface area (Å²) in [7, 11) is 0. The Morgan fingerprint density at radius 1 is 1.25 bits per heavy atom. The van der Waals surface area contributed by atoms with E-state index in [0.717, 1.165) is 12.8 Å². The third kappa shape index (κ3) is 7.36. The highest BCUT2D eigenvalue weighted by atomic mass is 16.6.